The van der Waals surface area contributed by atoms with Gasteiger partial charge in [0.05, 0.1) is 11.3 Å². The predicted molar refractivity (Wildman–Crippen MR) is 77.1 cm³/mol. The molecule has 1 fully saturated rings. The third-order valence-electron chi connectivity index (χ3n) is 3.58. The van der Waals surface area contributed by atoms with Crippen molar-refractivity contribution in [1.82, 2.24) is 15.3 Å². The molecule has 2 aromatic heterocycles. The SMILES string of the molecule is c1ccc2c(-c3nccc(CNC4CC4)n3)coc2c1. The number of benzene rings is 1. The van der Waals surface area contributed by atoms with Gasteiger partial charge in [-0.2, -0.15) is 0 Å². The minimum absolute atomic E-state index is 0.683. The molecule has 4 rings (SSSR count). The summed E-state index contributed by atoms with van der Waals surface area (Å²) in [6, 6.07) is 10.6. The smallest absolute Gasteiger partial charge is 0.163 e. The van der Waals surface area contributed by atoms with Crippen molar-refractivity contribution in [2.24, 2.45) is 0 Å². The van der Waals surface area contributed by atoms with E-state index in [0.29, 0.717) is 6.04 Å². The highest BCUT2D eigenvalue weighted by molar-refractivity contribution is 5.91. The van der Waals surface area contributed by atoms with Crippen molar-refractivity contribution in [1.29, 1.82) is 0 Å². The van der Waals surface area contributed by atoms with Crippen molar-refractivity contribution >= 4 is 11.0 Å². The maximum Gasteiger partial charge on any atom is 0.163 e. The first-order valence-corrected chi connectivity index (χ1v) is 6.92. The van der Waals surface area contributed by atoms with Gasteiger partial charge in [-0.15, -0.1) is 0 Å². The van der Waals surface area contributed by atoms with Crippen LogP contribution in [0.4, 0.5) is 0 Å². The van der Waals surface area contributed by atoms with Crippen LogP contribution in [-0.4, -0.2) is 16.0 Å². The molecule has 1 aromatic carbocycles. The summed E-state index contributed by atoms with van der Waals surface area (Å²) in [6.45, 7) is 0.802. The van der Waals surface area contributed by atoms with E-state index in [1.165, 1.54) is 12.8 Å². The average Bonchev–Trinajstić information content (AvgIpc) is 3.23. The van der Waals surface area contributed by atoms with E-state index in [1.807, 2.05) is 36.5 Å². The molecular formula is C16H15N3O. The molecule has 1 N–H and O–H groups in total. The summed E-state index contributed by atoms with van der Waals surface area (Å²) in [7, 11) is 0. The number of aromatic nitrogens is 2. The summed E-state index contributed by atoms with van der Waals surface area (Å²) >= 11 is 0. The third kappa shape index (κ3) is 2.18. The molecule has 1 saturated carbocycles. The second-order valence-electron chi connectivity index (χ2n) is 5.17. The molecule has 1 aliphatic carbocycles. The van der Waals surface area contributed by atoms with Crippen LogP contribution in [0.5, 0.6) is 0 Å². The lowest BCUT2D eigenvalue weighted by Crippen LogP contribution is -2.16. The van der Waals surface area contributed by atoms with E-state index in [9.17, 15) is 0 Å². The lowest BCUT2D eigenvalue weighted by Gasteiger charge is -2.03. The Bertz CT molecular complexity index is 746. The molecule has 4 heteroatoms. The van der Waals surface area contributed by atoms with Gasteiger partial charge in [-0.05, 0) is 25.0 Å². The quantitative estimate of drug-likeness (QED) is 0.787. The van der Waals surface area contributed by atoms with Gasteiger partial charge in [-0.25, -0.2) is 9.97 Å². The fourth-order valence-electron chi connectivity index (χ4n) is 2.31. The highest BCUT2D eigenvalue weighted by atomic mass is 16.3. The van der Waals surface area contributed by atoms with Crippen molar-refractivity contribution in [2.45, 2.75) is 25.4 Å². The molecule has 100 valence electrons. The highest BCUT2D eigenvalue weighted by Crippen LogP contribution is 2.28. The Morgan fingerprint density at radius 2 is 2.10 bits per heavy atom. The topological polar surface area (TPSA) is 51.0 Å². The van der Waals surface area contributed by atoms with Crippen LogP contribution in [0.15, 0.2) is 47.2 Å². The molecule has 0 bridgehead atoms. The monoisotopic (exact) mass is 265 g/mol. The number of nitrogens with one attached hydrogen (secondary N) is 1. The summed E-state index contributed by atoms with van der Waals surface area (Å²) in [4.78, 5) is 9.01. The minimum atomic E-state index is 0.683. The molecule has 0 unspecified atom stereocenters. The van der Waals surface area contributed by atoms with Crippen molar-refractivity contribution in [3.05, 3.63) is 48.5 Å². The second-order valence-corrected chi connectivity index (χ2v) is 5.17. The van der Waals surface area contributed by atoms with E-state index in [0.717, 1.165) is 34.6 Å². The molecule has 0 spiro atoms. The predicted octanol–water partition coefficient (Wildman–Crippen LogP) is 3.14. The zero-order chi connectivity index (χ0) is 13.4. The average molecular weight is 265 g/mol. The Labute approximate surface area is 116 Å². The molecule has 0 amide bonds. The zero-order valence-electron chi connectivity index (χ0n) is 11.0. The van der Waals surface area contributed by atoms with Gasteiger partial charge in [0.15, 0.2) is 5.82 Å². The Morgan fingerprint density at radius 3 is 3.00 bits per heavy atom. The van der Waals surface area contributed by atoms with Gasteiger partial charge in [0, 0.05) is 24.2 Å². The van der Waals surface area contributed by atoms with Crippen LogP contribution in [-0.2, 0) is 6.54 Å². The van der Waals surface area contributed by atoms with E-state index < -0.39 is 0 Å². The molecule has 20 heavy (non-hydrogen) atoms. The van der Waals surface area contributed by atoms with Crippen molar-refractivity contribution in [3.63, 3.8) is 0 Å². The maximum absolute atomic E-state index is 5.56. The fourth-order valence-corrected chi connectivity index (χ4v) is 2.31. The molecular weight excluding hydrogens is 250 g/mol. The summed E-state index contributed by atoms with van der Waals surface area (Å²) in [6.07, 6.45) is 6.11. The van der Waals surface area contributed by atoms with Gasteiger partial charge >= 0.3 is 0 Å². The Kier molecular flexibility index (Phi) is 2.74. The fraction of sp³-hybridized carbons (Fsp3) is 0.250. The molecule has 4 nitrogen and oxygen atoms in total. The molecule has 2 heterocycles. The van der Waals surface area contributed by atoms with E-state index in [1.54, 1.807) is 6.26 Å². The normalized spacial score (nSPS) is 14.8. The molecule has 0 radical (unpaired) electrons. The van der Waals surface area contributed by atoms with Gasteiger partial charge < -0.3 is 9.73 Å². The number of furan rings is 1. The lowest BCUT2D eigenvalue weighted by molar-refractivity contribution is 0.616. The van der Waals surface area contributed by atoms with Crippen molar-refractivity contribution < 1.29 is 4.42 Å². The van der Waals surface area contributed by atoms with E-state index in [4.69, 9.17) is 4.42 Å². The first-order chi connectivity index (χ1) is 9.90. The molecule has 1 aliphatic rings. The molecule has 0 saturated heterocycles. The minimum Gasteiger partial charge on any atom is -0.464 e. The van der Waals surface area contributed by atoms with Crippen LogP contribution < -0.4 is 5.32 Å². The van der Waals surface area contributed by atoms with Gasteiger partial charge in [-0.1, -0.05) is 18.2 Å². The molecule has 0 atom stereocenters. The van der Waals surface area contributed by atoms with Crippen molar-refractivity contribution in [2.75, 3.05) is 0 Å². The van der Waals surface area contributed by atoms with Gasteiger partial charge in [0.2, 0.25) is 0 Å². The molecule has 0 aliphatic heterocycles. The number of hydrogen-bond acceptors (Lipinski definition) is 4. The van der Waals surface area contributed by atoms with Crippen LogP contribution >= 0.6 is 0 Å². The van der Waals surface area contributed by atoms with Crippen LogP contribution in [0.2, 0.25) is 0 Å². The zero-order valence-corrected chi connectivity index (χ0v) is 11.0. The Balaban J connectivity index is 1.68. The second kappa shape index (κ2) is 4.72. The van der Waals surface area contributed by atoms with Crippen LogP contribution in [0.1, 0.15) is 18.5 Å². The number of para-hydroxylation sites is 1. The van der Waals surface area contributed by atoms with Crippen LogP contribution in [0.25, 0.3) is 22.4 Å². The van der Waals surface area contributed by atoms with Crippen molar-refractivity contribution in [3.8, 4) is 11.4 Å². The molecule has 3 aromatic rings. The van der Waals surface area contributed by atoms with Crippen LogP contribution in [0.3, 0.4) is 0 Å². The lowest BCUT2D eigenvalue weighted by atomic mass is 10.1. The number of rotatable bonds is 4. The summed E-state index contributed by atoms with van der Waals surface area (Å²) in [5.41, 5.74) is 2.84. The highest BCUT2D eigenvalue weighted by Gasteiger charge is 2.20. The van der Waals surface area contributed by atoms with E-state index in [2.05, 4.69) is 15.3 Å². The number of hydrogen-bond donors (Lipinski definition) is 1. The van der Waals surface area contributed by atoms with Gasteiger partial charge in [-0.3, -0.25) is 0 Å². The Hall–Kier alpha value is -2.20. The Morgan fingerprint density at radius 1 is 1.20 bits per heavy atom. The standard InChI is InChI=1S/C16H15N3O/c1-2-4-15-13(3-1)14(10-20-15)16-17-8-7-12(19-16)9-18-11-5-6-11/h1-4,7-8,10-11,18H,5-6,9H2. The maximum atomic E-state index is 5.56. The van der Waals surface area contributed by atoms with E-state index in [-0.39, 0.29) is 0 Å². The third-order valence-corrected chi connectivity index (χ3v) is 3.58. The largest absolute Gasteiger partial charge is 0.464 e. The first kappa shape index (κ1) is 11.6. The first-order valence-electron chi connectivity index (χ1n) is 6.92. The number of nitrogens with zero attached hydrogens (tertiary/aromatic N) is 2. The summed E-state index contributed by atoms with van der Waals surface area (Å²) < 4.78 is 5.56. The summed E-state index contributed by atoms with van der Waals surface area (Å²) in [5.74, 6) is 0.727. The van der Waals surface area contributed by atoms with Crippen LogP contribution in [0, 0.1) is 0 Å². The van der Waals surface area contributed by atoms with Gasteiger partial charge in [0.1, 0.15) is 11.8 Å². The summed E-state index contributed by atoms with van der Waals surface area (Å²) in [5, 5.41) is 4.52. The number of fused-ring (bicyclic) bond motifs is 1. The van der Waals surface area contributed by atoms with E-state index >= 15 is 0 Å². The van der Waals surface area contributed by atoms with Gasteiger partial charge in [0.25, 0.3) is 0 Å².